The van der Waals surface area contributed by atoms with E-state index >= 15 is 0 Å². The fourth-order valence-electron chi connectivity index (χ4n) is 1.61. The molecule has 98 valence electrons. The third kappa shape index (κ3) is 4.45. The number of aryl methyl sites for hydroxylation is 1. The van der Waals surface area contributed by atoms with Crippen LogP contribution in [-0.4, -0.2) is 30.6 Å². The number of hydrogen-bond acceptors (Lipinski definition) is 3. The number of ether oxygens (including phenoxy) is 1. The van der Waals surface area contributed by atoms with E-state index in [1.54, 1.807) is 12.3 Å². The number of carbonyl (C=O) groups excluding carboxylic acids is 1. The topological polar surface area (TPSA) is 51.2 Å². The lowest BCUT2D eigenvalue weighted by molar-refractivity contribution is 0.0937. The maximum atomic E-state index is 11.7. The molecule has 1 aliphatic rings. The van der Waals surface area contributed by atoms with Crippen molar-refractivity contribution in [3.8, 4) is 0 Å². The highest BCUT2D eigenvalue weighted by Crippen LogP contribution is 2.28. The van der Waals surface area contributed by atoms with Gasteiger partial charge in [-0.3, -0.25) is 9.78 Å². The molecular weight excluding hydrogens is 228 g/mol. The van der Waals surface area contributed by atoms with Gasteiger partial charge in [0.25, 0.3) is 5.91 Å². The van der Waals surface area contributed by atoms with Gasteiger partial charge in [-0.05, 0) is 44.2 Å². The molecule has 1 heterocycles. The summed E-state index contributed by atoms with van der Waals surface area (Å²) in [6.07, 6.45) is 5.10. The van der Waals surface area contributed by atoms with Gasteiger partial charge in [0, 0.05) is 31.6 Å². The molecule has 4 heteroatoms. The van der Waals surface area contributed by atoms with Crippen LogP contribution in [0.1, 0.15) is 35.3 Å². The zero-order valence-corrected chi connectivity index (χ0v) is 10.8. The molecule has 1 fully saturated rings. The van der Waals surface area contributed by atoms with Gasteiger partial charge in [-0.2, -0.15) is 0 Å². The van der Waals surface area contributed by atoms with Gasteiger partial charge in [-0.25, -0.2) is 0 Å². The molecule has 1 aromatic heterocycles. The Labute approximate surface area is 108 Å². The Morgan fingerprint density at radius 3 is 3.00 bits per heavy atom. The third-order valence-electron chi connectivity index (χ3n) is 2.98. The van der Waals surface area contributed by atoms with E-state index in [1.165, 1.54) is 12.8 Å². The van der Waals surface area contributed by atoms with Gasteiger partial charge in [-0.15, -0.1) is 0 Å². The Bertz CT molecular complexity index is 385. The normalized spacial score (nSPS) is 14.5. The fourth-order valence-corrected chi connectivity index (χ4v) is 1.61. The van der Waals surface area contributed by atoms with E-state index in [1.807, 2.05) is 13.0 Å². The Morgan fingerprint density at radius 2 is 2.33 bits per heavy atom. The summed E-state index contributed by atoms with van der Waals surface area (Å²) >= 11 is 0. The first-order valence-corrected chi connectivity index (χ1v) is 6.54. The average molecular weight is 248 g/mol. The first-order chi connectivity index (χ1) is 8.75. The first kappa shape index (κ1) is 13.0. The van der Waals surface area contributed by atoms with Crippen LogP contribution in [0.2, 0.25) is 0 Å². The summed E-state index contributed by atoms with van der Waals surface area (Å²) in [5.41, 5.74) is 1.53. The van der Waals surface area contributed by atoms with Crippen molar-refractivity contribution < 1.29 is 9.53 Å². The number of hydrogen-bond donors (Lipinski definition) is 1. The molecule has 1 amide bonds. The number of carbonyl (C=O) groups is 1. The summed E-state index contributed by atoms with van der Waals surface area (Å²) < 4.78 is 5.50. The van der Waals surface area contributed by atoms with E-state index in [0.717, 1.165) is 31.2 Å². The monoisotopic (exact) mass is 248 g/mol. The van der Waals surface area contributed by atoms with Crippen LogP contribution >= 0.6 is 0 Å². The van der Waals surface area contributed by atoms with Crippen LogP contribution in [0.15, 0.2) is 18.3 Å². The van der Waals surface area contributed by atoms with E-state index in [9.17, 15) is 4.79 Å². The third-order valence-corrected chi connectivity index (χ3v) is 2.98. The number of pyridine rings is 1. The summed E-state index contributed by atoms with van der Waals surface area (Å²) in [4.78, 5) is 15.8. The highest BCUT2D eigenvalue weighted by molar-refractivity contribution is 5.93. The van der Waals surface area contributed by atoms with Crippen molar-refractivity contribution in [3.05, 3.63) is 29.6 Å². The van der Waals surface area contributed by atoms with E-state index in [-0.39, 0.29) is 5.91 Å². The molecule has 0 atom stereocenters. The smallest absolute Gasteiger partial charge is 0.252 e. The number of rotatable bonds is 7. The second-order valence-electron chi connectivity index (χ2n) is 4.82. The van der Waals surface area contributed by atoms with Gasteiger partial charge in [0.15, 0.2) is 0 Å². The summed E-state index contributed by atoms with van der Waals surface area (Å²) in [6, 6.07) is 3.63. The van der Waals surface area contributed by atoms with Crippen LogP contribution in [0.5, 0.6) is 0 Å². The molecule has 1 aliphatic carbocycles. The summed E-state index contributed by atoms with van der Waals surface area (Å²) in [6.45, 7) is 4.16. The fraction of sp³-hybridized carbons (Fsp3) is 0.571. The van der Waals surface area contributed by atoms with E-state index in [0.29, 0.717) is 12.1 Å². The second kappa shape index (κ2) is 6.50. The SMILES string of the molecule is Cc1ccc(C(=O)NCCCOCC2CC2)cn1. The first-order valence-electron chi connectivity index (χ1n) is 6.54. The van der Waals surface area contributed by atoms with Crippen LogP contribution in [0.4, 0.5) is 0 Å². The molecule has 1 N–H and O–H groups in total. The standard InChI is InChI=1S/C14H20N2O2/c1-11-3-6-13(9-16-11)14(17)15-7-2-8-18-10-12-4-5-12/h3,6,9,12H,2,4-5,7-8,10H2,1H3,(H,15,17). The molecule has 4 nitrogen and oxygen atoms in total. The van der Waals surface area contributed by atoms with Crippen molar-refractivity contribution in [2.24, 2.45) is 5.92 Å². The average Bonchev–Trinajstić information content (AvgIpc) is 3.18. The maximum Gasteiger partial charge on any atom is 0.252 e. The molecule has 0 spiro atoms. The second-order valence-corrected chi connectivity index (χ2v) is 4.82. The van der Waals surface area contributed by atoms with Crippen molar-refractivity contribution >= 4 is 5.91 Å². The lowest BCUT2D eigenvalue weighted by Gasteiger charge is -2.06. The molecule has 0 bridgehead atoms. The van der Waals surface area contributed by atoms with Crippen molar-refractivity contribution in [2.75, 3.05) is 19.8 Å². The largest absolute Gasteiger partial charge is 0.381 e. The van der Waals surface area contributed by atoms with E-state index < -0.39 is 0 Å². The Morgan fingerprint density at radius 1 is 1.50 bits per heavy atom. The zero-order valence-electron chi connectivity index (χ0n) is 10.8. The predicted octanol–water partition coefficient (Wildman–Crippen LogP) is 1.94. The summed E-state index contributed by atoms with van der Waals surface area (Å²) in [5, 5.41) is 2.86. The zero-order chi connectivity index (χ0) is 12.8. The quantitative estimate of drug-likeness (QED) is 0.750. The molecule has 1 aromatic rings. The molecule has 1 saturated carbocycles. The van der Waals surface area contributed by atoms with Crippen molar-refractivity contribution in [2.45, 2.75) is 26.2 Å². The Kier molecular flexibility index (Phi) is 4.70. The number of nitrogens with zero attached hydrogens (tertiary/aromatic N) is 1. The maximum absolute atomic E-state index is 11.7. The van der Waals surface area contributed by atoms with Gasteiger partial charge in [0.1, 0.15) is 0 Å². The van der Waals surface area contributed by atoms with Gasteiger partial charge < -0.3 is 10.1 Å². The van der Waals surface area contributed by atoms with Crippen LogP contribution in [0, 0.1) is 12.8 Å². The van der Waals surface area contributed by atoms with E-state index in [2.05, 4.69) is 10.3 Å². The number of nitrogens with one attached hydrogen (secondary N) is 1. The Balaban J connectivity index is 1.57. The van der Waals surface area contributed by atoms with Crippen LogP contribution in [0.3, 0.4) is 0 Å². The predicted molar refractivity (Wildman–Crippen MR) is 69.5 cm³/mol. The van der Waals surface area contributed by atoms with Gasteiger partial charge in [0.05, 0.1) is 5.56 Å². The molecule has 18 heavy (non-hydrogen) atoms. The van der Waals surface area contributed by atoms with Gasteiger partial charge in [-0.1, -0.05) is 0 Å². The highest BCUT2D eigenvalue weighted by Gasteiger charge is 2.20. The van der Waals surface area contributed by atoms with E-state index in [4.69, 9.17) is 4.74 Å². The molecule has 0 radical (unpaired) electrons. The number of amides is 1. The molecule has 2 rings (SSSR count). The van der Waals surface area contributed by atoms with Crippen LogP contribution < -0.4 is 5.32 Å². The number of aromatic nitrogens is 1. The summed E-state index contributed by atoms with van der Waals surface area (Å²) in [5.74, 6) is 0.739. The molecular formula is C14H20N2O2. The minimum Gasteiger partial charge on any atom is -0.381 e. The molecule has 0 unspecified atom stereocenters. The van der Waals surface area contributed by atoms with Crippen molar-refractivity contribution in [1.82, 2.24) is 10.3 Å². The van der Waals surface area contributed by atoms with Crippen molar-refractivity contribution in [3.63, 3.8) is 0 Å². The highest BCUT2D eigenvalue weighted by atomic mass is 16.5. The molecule has 0 saturated heterocycles. The Hall–Kier alpha value is -1.42. The minimum absolute atomic E-state index is 0.0651. The van der Waals surface area contributed by atoms with Gasteiger partial charge in [0.2, 0.25) is 0 Å². The minimum atomic E-state index is -0.0651. The van der Waals surface area contributed by atoms with Crippen LogP contribution in [0.25, 0.3) is 0 Å². The van der Waals surface area contributed by atoms with Gasteiger partial charge >= 0.3 is 0 Å². The van der Waals surface area contributed by atoms with Crippen molar-refractivity contribution in [1.29, 1.82) is 0 Å². The molecule has 0 aliphatic heterocycles. The van der Waals surface area contributed by atoms with Crippen LogP contribution in [-0.2, 0) is 4.74 Å². The lowest BCUT2D eigenvalue weighted by Crippen LogP contribution is -2.25. The molecule has 0 aromatic carbocycles. The summed E-state index contributed by atoms with van der Waals surface area (Å²) in [7, 11) is 0. The lowest BCUT2D eigenvalue weighted by atomic mass is 10.2.